The lowest BCUT2D eigenvalue weighted by atomic mass is 10.3. The number of hydrogen-bond donors (Lipinski definition) is 0. The van der Waals surface area contributed by atoms with E-state index in [2.05, 4.69) is 4.98 Å². The molecule has 0 bridgehead atoms. The lowest BCUT2D eigenvalue weighted by Gasteiger charge is -2.25. The van der Waals surface area contributed by atoms with E-state index in [-0.39, 0.29) is 18.0 Å². The maximum Gasteiger partial charge on any atom is 0.266 e. The number of fused-ring (bicyclic) bond motifs is 1. The Balaban J connectivity index is 1.82. The highest BCUT2D eigenvalue weighted by Crippen LogP contribution is 2.13. The molecule has 0 saturated carbocycles. The van der Waals surface area contributed by atoms with Gasteiger partial charge in [0, 0.05) is 6.54 Å². The molecule has 1 aliphatic heterocycles. The quantitative estimate of drug-likeness (QED) is 0.823. The molecule has 1 fully saturated rings. The summed E-state index contributed by atoms with van der Waals surface area (Å²) in [6.07, 6.45) is 3.32. The third-order valence-electron chi connectivity index (χ3n) is 3.04. The second-order valence-corrected chi connectivity index (χ2v) is 5.25. The molecule has 0 aromatic carbocycles. The lowest BCUT2D eigenvalue weighted by Crippen LogP contribution is -2.39. The van der Waals surface area contributed by atoms with E-state index < -0.39 is 0 Å². The summed E-state index contributed by atoms with van der Waals surface area (Å²) in [5.74, 6) is -0.210. The number of aromatic nitrogens is 2. The Morgan fingerprint density at radius 3 is 3.16 bits per heavy atom. The second kappa shape index (κ2) is 5.10. The first-order valence-electron chi connectivity index (χ1n) is 6.11. The molecule has 0 radical (unpaired) electrons. The van der Waals surface area contributed by atoms with Gasteiger partial charge in [-0.1, -0.05) is 0 Å². The van der Waals surface area contributed by atoms with Gasteiger partial charge in [0.2, 0.25) is 0 Å². The van der Waals surface area contributed by atoms with Crippen LogP contribution in [-0.2, 0) is 16.2 Å². The van der Waals surface area contributed by atoms with Crippen molar-refractivity contribution in [3.8, 4) is 0 Å². The van der Waals surface area contributed by atoms with Crippen molar-refractivity contribution < 1.29 is 9.63 Å². The summed E-state index contributed by atoms with van der Waals surface area (Å²) >= 11 is 1.41. The first-order valence-corrected chi connectivity index (χ1v) is 6.99. The fraction of sp³-hybridized carbons (Fsp3) is 0.417. The van der Waals surface area contributed by atoms with Crippen molar-refractivity contribution in [3.05, 3.63) is 28.1 Å². The zero-order valence-electron chi connectivity index (χ0n) is 10.2. The summed E-state index contributed by atoms with van der Waals surface area (Å²) in [4.78, 5) is 34.3. The Hall–Kier alpha value is -1.73. The molecular formula is C12H13N3O3S. The monoisotopic (exact) mass is 279 g/mol. The number of thiophene rings is 1. The second-order valence-electron chi connectivity index (χ2n) is 4.35. The summed E-state index contributed by atoms with van der Waals surface area (Å²) in [6.45, 7) is 1.11. The van der Waals surface area contributed by atoms with Crippen molar-refractivity contribution in [1.29, 1.82) is 0 Å². The lowest BCUT2D eigenvalue weighted by molar-refractivity contribution is -0.197. The van der Waals surface area contributed by atoms with Crippen molar-refractivity contribution in [1.82, 2.24) is 14.6 Å². The highest BCUT2D eigenvalue weighted by atomic mass is 32.1. The fourth-order valence-electron chi connectivity index (χ4n) is 2.02. The molecule has 1 saturated heterocycles. The molecule has 0 atom stereocenters. The van der Waals surface area contributed by atoms with Crippen LogP contribution in [0.3, 0.4) is 0 Å². The number of rotatable bonds is 2. The van der Waals surface area contributed by atoms with Crippen LogP contribution in [0, 0.1) is 0 Å². The minimum Gasteiger partial charge on any atom is -0.289 e. The minimum atomic E-state index is -0.210. The predicted molar refractivity (Wildman–Crippen MR) is 70.8 cm³/mol. The van der Waals surface area contributed by atoms with Crippen LogP contribution in [0.5, 0.6) is 0 Å². The Morgan fingerprint density at radius 1 is 1.47 bits per heavy atom. The summed E-state index contributed by atoms with van der Waals surface area (Å²) in [5.41, 5.74) is -0.184. The Labute approximate surface area is 113 Å². The van der Waals surface area contributed by atoms with E-state index >= 15 is 0 Å². The van der Waals surface area contributed by atoms with E-state index in [0.29, 0.717) is 23.4 Å². The van der Waals surface area contributed by atoms with Crippen molar-refractivity contribution in [2.45, 2.75) is 19.4 Å². The Kier molecular flexibility index (Phi) is 3.31. The highest BCUT2D eigenvalue weighted by Gasteiger charge is 2.18. The molecule has 2 aromatic heterocycles. The average Bonchev–Trinajstić information content (AvgIpc) is 2.92. The Bertz CT molecular complexity index is 658. The van der Waals surface area contributed by atoms with E-state index in [4.69, 9.17) is 4.84 Å². The van der Waals surface area contributed by atoms with Crippen LogP contribution in [0.2, 0.25) is 0 Å². The molecule has 100 valence electrons. The van der Waals surface area contributed by atoms with Crippen molar-refractivity contribution in [3.63, 3.8) is 0 Å². The smallest absolute Gasteiger partial charge is 0.266 e. The largest absolute Gasteiger partial charge is 0.289 e. The van der Waals surface area contributed by atoms with E-state index in [0.717, 1.165) is 12.8 Å². The molecule has 3 rings (SSSR count). The summed E-state index contributed by atoms with van der Waals surface area (Å²) in [7, 11) is 0. The number of nitrogens with zero attached hydrogens (tertiary/aromatic N) is 3. The molecule has 0 aliphatic carbocycles. The van der Waals surface area contributed by atoms with Gasteiger partial charge in [-0.05, 0) is 24.3 Å². The standard InChI is InChI=1S/C12H13N3O3S/c16-10(15-4-1-2-5-18-15)7-14-8-13-11-9(12(14)17)3-6-19-11/h3,6,8H,1-2,4-5,7H2. The van der Waals surface area contributed by atoms with Crippen LogP contribution in [-0.4, -0.2) is 33.7 Å². The summed E-state index contributed by atoms with van der Waals surface area (Å²) in [6, 6.07) is 1.73. The SMILES string of the molecule is O=C(Cn1cnc2sccc2c1=O)N1CCCCO1. The van der Waals surface area contributed by atoms with Gasteiger partial charge in [0.15, 0.2) is 0 Å². The molecule has 0 unspecified atom stereocenters. The molecule has 0 N–H and O–H groups in total. The Morgan fingerprint density at radius 2 is 2.37 bits per heavy atom. The van der Waals surface area contributed by atoms with Gasteiger partial charge in [-0.2, -0.15) is 0 Å². The highest BCUT2D eigenvalue weighted by molar-refractivity contribution is 7.16. The normalized spacial score (nSPS) is 15.9. The number of hydroxylamine groups is 2. The number of hydrogen-bond acceptors (Lipinski definition) is 5. The van der Waals surface area contributed by atoms with Crippen molar-refractivity contribution in [2.75, 3.05) is 13.2 Å². The van der Waals surface area contributed by atoms with Crippen LogP contribution < -0.4 is 5.56 Å². The molecule has 0 spiro atoms. The first-order chi connectivity index (χ1) is 9.25. The van der Waals surface area contributed by atoms with Gasteiger partial charge >= 0.3 is 0 Å². The van der Waals surface area contributed by atoms with Gasteiger partial charge in [-0.15, -0.1) is 11.3 Å². The van der Waals surface area contributed by atoms with Crippen LogP contribution in [0.1, 0.15) is 12.8 Å². The molecule has 1 amide bonds. The summed E-state index contributed by atoms with van der Waals surface area (Å²) < 4.78 is 1.33. The third kappa shape index (κ3) is 2.39. The number of amides is 1. The van der Waals surface area contributed by atoms with Gasteiger partial charge in [-0.3, -0.25) is 19.0 Å². The zero-order valence-corrected chi connectivity index (χ0v) is 11.1. The summed E-state index contributed by atoms with van der Waals surface area (Å²) in [5, 5.41) is 3.71. The zero-order chi connectivity index (χ0) is 13.2. The average molecular weight is 279 g/mol. The minimum absolute atomic E-state index is 0.0301. The maximum absolute atomic E-state index is 12.1. The molecule has 2 aromatic rings. The number of carbonyl (C=O) groups is 1. The van der Waals surface area contributed by atoms with Gasteiger partial charge < -0.3 is 0 Å². The molecule has 3 heterocycles. The van der Waals surface area contributed by atoms with Gasteiger partial charge in [0.1, 0.15) is 11.4 Å². The topological polar surface area (TPSA) is 64.4 Å². The van der Waals surface area contributed by atoms with Crippen LogP contribution in [0.4, 0.5) is 0 Å². The molecule has 1 aliphatic rings. The maximum atomic E-state index is 12.1. The molecule has 6 nitrogen and oxygen atoms in total. The van der Waals surface area contributed by atoms with Crippen molar-refractivity contribution in [2.24, 2.45) is 0 Å². The fourth-order valence-corrected chi connectivity index (χ4v) is 2.75. The van der Waals surface area contributed by atoms with Crippen LogP contribution in [0.25, 0.3) is 10.2 Å². The van der Waals surface area contributed by atoms with E-state index in [1.165, 1.54) is 27.3 Å². The van der Waals surface area contributed by atoms with Gasteiger partial charge in [0.25, 0.3) is 11.5 Å². The molecule has 7 heteroatoms. The van der Waals surface area contributed by atoms with Gasteiger partial charge in [-0.25, -0.2) is 10.0 Å². The molecular weight excluding hydrogens is 266 g/mol. The number of carbonyl (C=O) groups excluding carboxylic acids is 1. The third-order valence-corrected chi connectivity index (χ3v) is 3.86. The van der Waals surface area contributed by atoms with Crippen LogP contribution in [0.15, 0.2) is 22.6 Å². The van der Waals surface area contributed by atoms with Crippen molar-refractivity contribution >= 4 is 27.5 Å². The van der Waals surface area contributed by atoms with E-state index in [9.17, 15) is 9.59 Å². The predicted octanol–water partition coefficient (Wildman–Crippen LogP) is 1.01. The molecule has 19 heavy (non-hydrogen) atoms. The first kappa shape index (κ1) is 12.3. The van der Waals surface area contributed by atoms with Crippen LogP contribution >= 0.6 is 11.3 Å². The van der Waals surface area contributed by atoms with E-state index in [1.807, 2.05) is 5.38 Å². The van der Waals surface area contributed by atoms with E-state index in [1.54, 1.807) is 6.07 Å². The van der Waals surface area contributed by atoms with Gasteiger partial charge in [0.05, 0.1) is 18.3 Å².